The van der Waals surface area contributed by atoms with Gasteiger partial charge in [-0.3, -0.25) is 4.79 Å². The smallest absolute Gasteiger partial charge is 0.222 e. The van der Waals surface area contributed by atoms with E-state index in [-0.39, 0.29) is 11.3 Å². The van der Waals surface area contributed by atoms with Crippen LogP contribution in [0.4, 0.5) is 5.82 Å². The molecular formula is C25H36N4O. The Labute approximate surface area is 181 Å². The summed E-state index contributed by atoms with van der Waals surface area (Å²) in [6.45, 7) is 16.1. The normalized spacial score (nSPS) is 15.9. The molecule has 1 aromatic heterocycles. The van der Waals surface area contributed by atoms with Gasteiger partial charge in [-0.2, -0.15) is 0 Å². The van der Waals surface area contributed by atoms with Crippen LogP contribution in [-0.4, -0.2) is 47.0 Å². The number of rotatable bonds is 5. The van der Waals surface area contributed by atoms with Gasteiger partial charge in [-0.1, -0.05) is 57.5 Å². The molecule has 5 nitrogen and oxygen atoms in total. The Morgan fingerprint density at radius 1 is 1.03 bits per heavy atom. The van der Waals surface area contributed by atoms with Gasteiger partial charge in [0.2, 0.25) is 5.91 Å². The molecule has 1 aromatic carbocycles. The zero-order valence-electron chi connectivity index (χ0n) is 19.4. The van der Waals surface area contributed by atoms with Crippen molar-refractivity contribution >= 4 is 11.7 Å². The van der Waals surface area contributed by atoms with Gasteiger partial charge >= 0.3 is 0 Å². The first-order valence-electron chi connectivity index (χ1n) is 11.1. The molecule has 0 N–H and O–H groups in total. The molecule has 0 saturated carbocycles. The zero-order chi connectivity index (χ0) is 21.9. The van der Waals surface area contributed by atoms with Crippen LogP contribution in [0.25, 0.3) is 11.4 Å². The van der Waals surface area contributed by atoms with E-state index in [1.54, 1.807) is 0 Å². The molecule has 1 saturated heterocycles. The molecule has 0 aliphatic carbocycles. The summed E-state index contributed by atoms with van der Waals surface area (Å²) in [5.74, 6) is 2.41. The number of hydrogen-bond donors (Lipinski definition) is 0. The molecule has 3 rings (SSSR count). The van der Waals surface area contributed by atoms with Gasteiger partial charge in [0.05, 0.1) is 0 Å². The van der Waals surface area contributed by atoms with Crippen LogP contribution in [0.3, 0.4) is 0 Å². The summed E-state index contributed by atoms with van der Waals surface area (Å²) < 4.78 is 0. The van der Waals surface area contributed by atoms with Crippen LogP contribution in [0.15, 0.2) is 30.3 Å². The molecule has 1 aliphatic heterocycles. The fraction of sp³-hybridized carbons (Fsp3) is 0.560. The zero-order valence-corrected chi connectivity index (χ0v) is 19.4. The third-order valence-corrected chi connectivity index (χ3v) is 5.59. The highest BCUT2D eigenvalue weighted by Gasteiger charge is 2.25. The number of carbonyl (C=O) groups is 1. The number of nitrogens with zero attached hydrogens (tertiary/aromatic N) is 4. The summed E-state index contributed by atoms with van der Waals surface area (Å²) in [4.78, 5) is 26.5. The number of piperazine rings is 1. The van der Waals surface area contributed by atoms with Crippen molar-refractivity contribution < 1.29 is 4.79 Å². The number of hydrogen-bond acceptors (Lipinski definition) is 4. The van der Waals surface area contributed by atoms with Gasteiger partial charge < -0.3 is 9.80 Å². The van der Waals surface area contributed by atoms with Crippen molar-refractivity contribution in [2.75, 3.05) is 31.1 Å². The van der Waals surface area contributed by atoms with E-state index in [9.17, 15) is 4.79 Å². The Balaban J connectivity index is 1.62. The Hall–Kier alpha value is -2.43. The summed E-state index contributed by atoms with van der Waals surface area (Å²) in [5.41, 5.74) is 3.49. The van der Waals surface area contributed by atoms with Gasteiger partial charge in [-0.25, -0.2) is 9.97 Å². The molecule has 1 amide bonds. The quantitative estimate of drug-likeness (QED) is 0.708. The third kappa shape index (κ3) is 6.04. The molecule has 0 spiro atoms. The van der Waals surface area contributed by atoms with Crippen molar-refractivity contribution in [2.24, 2.45) is 11.3 Å². The molecule has 2 heterocycles. The summed E-state index contributed by atoms with van der Waals surface area (Å²) in [6.07, 6.45) is 1.71. The fourth-order valence-corrected chi connectivity index (χ4v) is 4.28. The maximum absolute atomic E-state index is 12.7. The van der Waals surface area contributed by atoms with E-state index in [0.717, 1.165) is 55.5 Å². The van der Waals surface area contributed by atoms with Crippen LogP contribution >= 0.6 is 0 Å². The van der Waals surface area contributed by atoms with Crippen LogP contribution in [-0.2, 0) is 4.79 Å². The van der Waals surface area contributed by atoms with E-state index in [2.05, 4.69) is 68.8 Å². The van der Waals surface area contributed by atoms with E-state index in [1.807, 2.05) is 17.9 Å². The van der Waals surface area contributed by atoms with Gasteiger partial charge in [0.25, 0.3) is 0 Å². The molecular weight excluding hydrogens is 372 g/mol. The van der Waals surface area contributed by atoms with Crippen LogP contribution < -0.4 is 4.90 Å². The highest BCUT2D eigenvalue weighted by molar-refractivity contribution is 5.76. The van der Waals surface area contributed by atoms with Crippen molar-refractivity contribution in [3.63, 3.8) is 0 Å². The Kier molecular flexibility index (Phi) is 6.79. The first-order valence-corrected chi connectivity index (χ1v) is 11.1. The standard InChI is InChI=1S/C25H36N4O/c1-18-7-9-21(10-8-18)24-26-20(3)16-22(27-24)28-11-13-29(14-12-28)23(30)15-19(2)17-25(4,5)6/h7-10,16,19H,11-15,17H2,1-6H3. The molecule has 1 unspecified atom stereocenters. The first-order chi connectivity index (χ1) is 14.1. The van der Waals surface area contributed by atoms with Gasteiger partial charge in [0, 0.05) is 49.9 Å². The van der Waals surface area contributed by atoms with Crippen molar-refractivity contribution in [1.29, 1.82) is 0 Å². The van der Waals surface area contributed by atoms with Crippen molar-refractivity contribution in [1.82, 2.24) is 14.9 Å². The van der Waals surface area contributed by atoms with Crippen LogP contribution in [0.5, 0.6) is 0 Å². The van der Waals surface area contributed by atoms with Crippen LogP contribution in [0.2, 0.25) is 0 Å². The van der Waals surface area contributed by atoms with Gasteiger partial charge in [0.15, 0.2) is 5.82 Å². The summed E-state index contributed by atoms with van der Waals surface area (Å²) >= 11 is 0. The lowest BCUT2D eigenvalue weighted by atomic mass is 9.84. The number of benzene rings is 1. The number of carbonyl (C=O) groups excluding carboxylic acids is 1. The Morgan fingerprint density at radius 2 is 1.67 bits per heavy atom. The second kappa shape index (κ2) is 9.15. The van der Waals surface area contributed by atoms with E-state index in [4.69, 9.17) is 4.98 Å². The second-order valence-corrected chi connectivity index (χ2v) is 10.00. The third-order valence-electron chi connectivity index (χ3n) is 5.59. The lowest BCUT2D eigenvalue weighted by Gasteiger charge is -2.36. The Morgan fingerprint density at radius 3 is 2.27 bits per heavy atom. The minimum absolute atomic E-state index is 0.262. The number of aryl methyl sites for hydroxylation is 2. The molecule has 0 radical (unpaired) electrons. The van der Waals surface area contributed by atoms with Crippen LogP contribution in [0.1, 0.15) is 51.8 Å². The average molecular weight is 409 g/mol. The van der Waals surface area contributed by atoms with Gasteiger partial charge in [-0.05, 0) is 31.6 Å². The van der Waals surface area contributed by atoms with Gasteiger partial charge in [0.1, 0.15) is 5.82 Å². The molecule has 0 bridgehead atoms. The molecule has 1 aliphatic rings. The molecule has 162 valence electrons. The first kappa shape index (κ1) is 22.3. The molecule has 5 heteroatoms. The number of amides is 1. The van der Waals surface area contributed by atoms with Gasteiger partial charge in [-0.15, -0.1) is 0 Å². The second-order valence-electron chi connectivity index (χ2n) is 10.00. The monoisotopic (exact) mass is 408 g/mol. The lowest BCUT2D eigenvalue weighted by Crippen LogP contribution is -2.49. The molecule has 1 fully saturated rings. The molecule has 1 atom stereocenters. The summed E-state index contributed by atoms with van der Waals surface area (Å²) in [6, 6.07) is 10.4. The summed E-state index contributed by atoms with van der Waals surface area (Å²) in [5, 5.41) is 0. The number of aromatic nitrogens is 2. The van der Waals surface area contributed by atoms with E-state index < -0.39 is 0 Å². The fourth-order valence-electron chi connectivity index (χ4n) is 4.28. The van der Waals surface area contributed by atoms with E-state index in [1.165, 1.54) is 5.56 Å². The van der Waals surface area contributed by atoms with E-state index in [0.29, 0.717) is 12.3 Å². The lowest BCUT2D eigenvalue weighted by molar-refractivity contribution is -0.132. The van der Waals surface area contributed by atoms with Crippen molar-refractivity contribution in [2.45, 2.75) is 54.4 Å². The molecule has 30 heavy (non-hydrogen) atoms. The minimum Gasteiger partial charge on any atom is -0.353 e. The molecule has 2 aromatic rings. The predicted molar refractivity (Wildman–Crippen MR) is 124 cm³/mol. The van der Waals surface area contributed by atoms with Crippen molar-refractivity contribution in [3.05, 3.63) is 41.6 Å². The number of anilines is 1. The largest absolute Gasteiger partial charge is 0.353 e. The predicted octanol–water partition coefficient (Wildman–Crippen LogP) is 4.87. The summed E-state index contributed by atoms with van der Waals surface area (Å²) in [7, 11) is 0. The van der Waals surface area contributed by atoms with Crippen molar-refractivity contribution in [3.8, 4) is 11.4 Å². The Bertz CT molecular complexity index is 862. The topological polar surface area (TPSA) is 49.3 Å². The maximum Gasteiger partial charge on any atom is 0.222 e. The average Bonchev–Trinajstić information content (AvgIpc) is 2.66. The van der Waals surface area contributed by atoms with Crippen LogP contribution in [0, 0.1) is 25.2 Å². The highest BCUT2D eigenvalue weighted by atomic mass is 16.2. The highest BCUT2D eigenvalue weighted by Crippen LogP contribution is 2.27. The maximum atomic E-state index is 12.7. The minimum atomic E-state index is 0.262. The SMILES string of the molecule is Cc1ccc(-c2nc(C)cc(N3CCN(C(=O)CC(C)CC(C)(C)C)CC3)n2)cc1. The van der Waals surface area contributed by atoms with E-state index >= 15 is 0 Å².